The number of sulfonamides is 1. The van der Waals surface area contributed by atoms with Crippen molar-refractivity contribution in [3.05, 3.63) is 82.7 Å². The molecule has 1 aliphatic rings. The van der Waals surface area contributed by atoms with E-state index < -0.39 is 10.0 Å². The molecule has 2 heterocycles. The Morgan fingerprint density at radius 3 is 2.67 bits per heavy atom. The second-order valence-corrected chi connectivity index (χ2v) is 9.93. The lowest BCUT2D eigenvalue weighted by Gasteiger charge is -2.28. The van der Waals surface area contributed by atoms with Crippen LogP contribution in [-0.4, -0.2) is 25.3 Å². The Morgan fingerprint density at radius 2 is 1.93 bits per heavy atom. The van der Waals surface area contributed by atoms with Gasteiger partial charge in [0.1, 0.15) is 4.21 Å². The van der Waals surface area contributed by atoms with Gasteiger partial charge in [-0.1, -0.05) is 54.1 Å². The van der Waals surface area contributed by atoms with Crippen LogP contribution in [0.1, 0.15) is 16.7 Å². The summed E-state index contributed by atoms with van der Waals surface area (Å²) in [6.45, 7) is 2.99. The zero-order valence-electron chi connectivity index (χ0n) is 15.1. The first-order valence-electron chi connectivity index (χ1n) is 8.97. The molecule has 0 saturated heterocycles. The zero-order chi connectivity index (χ0) is 18.9. The third-order valence-electron chi connectivity index (χ3n) is 4.89. The normalized spacial score (nSPS) is 17.7. The van der Waals surface area contributed by atoms with Gasteiger partial charge < -0.3 is 5.32 Å². The molecule has 0 spiro atoms. The first-order valence-corrected chi connectivity index (χ1v) is 11.3. The Hall–Kier alpha value is -2.15. The van der Waals surface area contributed by atoms with Crippen molar-refractivity contribution in [1.29, 1.82) is 0 Å². The van der Waals surface area contributed by atoms with Crippen molar-refractivity contribution in [1.82, 2.24) is 4.31 Å². The van der Waals surface area contributed by atoms with Gasteiger partial charge in [0.2, 0.25) is 0 Å². The second kappa shape index (κ2) is 7.46. The highest BCUT2D eigenvalue weighted by molar-refractivity contribution is 7.91. The zero-order valence-corrected chi connectivity index (χ0v) is 16.8. The minimum absolute atomic E-state index is 0.160. The molecule has 0 aliphatic carbocycles. The molecule has 2 aromatic carbocycles. The average molecular weight is 399 g/mol. The van der Waals surface area contributed by atoms with E-state index in [1.165, 1.54) is 11.3 Å². The SMILES string of the molecule is Cc1ccc2c(c1)CN(S(=O)(=O)c1cccs1)[C@H](Cc1ccccc1)CN2. The summed E-state index contributed by atoms with van der Waals surface area (Å²) in [6, 6.07) is 19.6. The molecule has 0 saturated carbocycles. The minimum Gasteiger partial charge on any atom is -0.383 e. The quantitative estimate of drug-likeness (QED) is 0.713. The number of hydrogen-bond acceptors (Lipinski definition) is 4. The number of anilines is 1. The summed E-state index contributed by atoms with van der Waals surface area (Å²) in [5.41, 5.74) is 4.30. The molecule has 0 radical (unpaired) electrons. The van der Waals surface area contributed by atoms with Crippen LogP contribution in [0.25, 0.3) is 0 Å². The Balaban J connectivity index is 1.75. The van der Waals surface area contributed by atoms with Crippen LogP contribution in [0.5, 0.6) is 0 Å². The van der Waals surface area contributed by atoms with Crippen LogP contribution in [0.2, 0.25) is 0 Å². The van der Waals surface area contributed by atoms with Gasteiger partial charge in [0.15, 0.2) is 0 Å². The minimum atomic E-state index is -3.56. The lowest BCUT2D eigenvalue weighted by molar-refractivity contribution is 0.326. The van der Waals surface area contributed by atoms with Gasteiger partial charge in [-0.25, -0.2) is 8.42 Å². The number of benzene rings is 2. The molecule has 1 atom stereocenters. The molecule has 0 unspecified atom stereocenters. The van der Waals surface area contributed by atoms with E-state index in [2.05, 4.69) is 29.6 Å². The summed E-state index contributed by atoms with van der Waals surface area (Å²) < 4.78 is 28.9. The molecule has 0 bridgehead atoms. The van der Waals surface area contributed by atoms with Crippen molar-refractivity contribution < 1.29 is 8.42 Å². The van der Waals surface area contributed by atoms with Crippen molar-refractivity contribution in [2.24, 2.45) is 0 Å². The van der Waals surface area contributed by atoms with E-state index in [1.807, 2.05) is 36.6 Å². The number of hydrogen-bond donors (Lipinski definition) is 1. The third-order valence-corrected chi connectivity index (χ3v) is 8.17. The van der Waals surface area contributed by atoms with Crippen molar-refractivity contribution in [2.75, 3.05) is 11.9 Å². The van der Waals surface area contributed by atoms with Crippen LogP contribution in [0.4, 0.5) is 5.69 Å². The van der Waals surface area contributed by atoms with E-state index in [1.54, 1.807) is 16.4 Å². The molecular formula is C21H22N2O2S2. The molecule has 1 aliphatic heterocycles. The molecular weight excluding hydrogens is 376 g/mol. The molecule has 1 N–H and O–H groups in total. The van der Waals surface area contributed by atoms with Crippen LogP contribution >= 0.6 is 11.3 Å². The van der Waals surface area contributed by atoms with Gasteiger partial charge in [-0.05, 0) is 42.0 Å². The molecule has 4 rings (SSSR count). The van der Waals surface area contributed by atoms with Gasteiger partial charge in [-0.2, -0.15) is 4.31 Å². The fraction of sp³-hybridized carbons (Fsp3) is 0.238. The van der Waals surface area contributed by atoms with E-state index >= 15 is 0 Å². The Kier molecular flexibility index (Phi) is 5.04. The molecule has 3 aromatic rings. The summed E-state index contributed by atoms with van der Waals surface area (Å²) in [5.74, 6) is 0. The van der Waals surface area contributed by atoms with Crippen LogP contribution < -0.4 is 5.32 Å². The Bertz CT molecular complexity index is 1020. The smallest absolute Gasteiger partial charge is 0.253 e. The molecule has 1 aromatic heterocycles. The second-order valence-electron chi connectivity index (χ2n) is 6.87. The fourth-order valence-electron chi connectivity index (χ4n) is 3.52. The summed E-state index contributed by atoms with van der Waals surface area (Å²) >= 11 is 1.27. The highest BCUT2D eigenvalue weighted by Crippen LogP contribution is 2.31. The van der Waals surface area contributed by atoms with E-state index in [4.69, 9.17) is 0 Å². The number of nitrogens with one attached hydrogen (secondary N) is 1. The Morgan fingerprint density at radius 1 is 1.11 bits per heavy atom. The number of aryl methyl sites for hydroxylation is 1. The fourth-order valence-corrected chi connectivity index (χ4v) is 6.24. The lowest BCUT2D eigenvalue weighted by Crippen LogP contribution is -2.43. The predicted molar refractivity (Wildman–Crippen MR) is 111 cm³/mol. The average Bonchev–Trinajstić information content (AvgIpc) is 3.15. The van der Waals surface area contributed by atoms with Crippen molar-refractivity contribution >= 4 is 27.0 Å². The van der Waals surface area contributed by atoms with Gasteiger partial charge in [0.25, 0.3) is 10.0 Å². The topological polar surface area (TPSA) is 49.4 Å². The van der Waals surface area contributed by atoms with Gasteiger partial charge in [0, 0.05) is 24.8 Å². The summed E-state index contributed by atoms with van der Waals surface area (Å²) in [4.78, 5) is 0. The van der Waals surface area contributed by atoms with Crippen molar-refractivity contribution in [2.45, 2.75) is 30.1 Å². The van der Waals surface area contributed by atoms with E-state index in [0.717, 1.165) is 22.4 Å². The number of nitrogens with zero attached hydrogens (tertiary/aromatic N) is 1. The van der Waals surface area contributed by atoms with Gasteiger partial charge in [0.05, 0.1) is 0 Å². The number of thiophene rings is 1. The number of rotatable bonds is 4. The maximum absolute atomic E-state index is 13.4. The number of fused-ring (bicyclic) bond motifs is 1. The lowest BCUT2D eigenvalue weighted by atomic mass is 10.1. The molecule has 140 valence electrons. The maximum atomic E-state index is 13.4. The highest BCUT2D eigenvalue weighted by Gasteiger charge is 2.34. The maximum Gasteiger partial charge on any atom is 0.253 e. The summed E-state index contributed by atoms with van der Waals surface area (Å²) in [6.07, 6.45) is 0.672. The highest BCUT2D eigenvalue weighted by atomic mass is 32.2. The molecule has 0 amide bonds. The standard InChI is InChI=1S/C21H22N2O2S2/c1-16-9-10-20-18(12-16)15-23(27(24,25)21-8-5-11-26-21)19(14-22-20)13-17-6-3-2-4-7-17/h2-12,19,22H,13-15H2,1H3/t19-/m1/s1. The van der Waals surface area contributed by atoms with Gasteiger partial charge >= 0.3 is 0 Å². The third kappa shape index (κ3) is 3.78. The van der Waals surface area contributed by atoms with Gasteiger partial charge in [-0.3, -0.25) is 0 Å². The van der Waals surface area contributed by atoms with Crippen molar-refractivity contribution in [3.8, 4) is 0 Å². The molecule has 0 fully saturated rings. The van der Waals surface area contributed by atoms with Crippen LogP contribution in [0.15, 0.2) is 70.3 Å². The van der Waals surface area contributed by atoms with E-state index in [-0.39, 0.29) is 6.04 Å². The van der Waals surface area contributed by atoms with Crippen LogP contribution in [0, 0.1) is 6.92 Å². The van der Waals surface area contributed by atoms with Crippen LogP contribution in [0.3, 0.4) is 0 Å². The summed E-state index contributed by atoms with van der Waals surface area (Å²) in [5, 5.41) is 5.28. The summed E-state index contributed by atoms with van der Waals surface area (Å²) in [7, 11) is -3.56. The first kappa shape index (κ1) is 18.2. The molecule has 6 heteroatoms. The van der Waals surface area contributed by atoms with Crippen molar-refractivity contribution in [3.63, 3.8) is 0 Å². The largest absolute Gasteiger partial charge is 0.383 e. The van der Waals surface area contributed by atoms with Gasteiger partial charge in [-0.15, -0.1) is 11.3 Å². The monoisotopic (exact) mass is 398 g/mol. The van der Waals surface area contributed by atoms with E-state index in [0.29, 0.717) is 23.7 Å². The predicted octanol–water partition coefficient (Wildman–Crippen LogP) is 4.28. The Labute approximate surface area is 164 Å². The first-order chi connectivity index (χ1) is 13.0. The van der Waals surface area contributed by atoms with E-state index in [9.17, 15) is 8.42 Å². The molecule has 4 nitrogen and oxygen atoms in total. The molecule has 27 heavy (non-hydrogen) atoms. The van der Waals surface area contributed by atoms with Crippen LogP contribution in [-0.2, 0) is 23.0 Å².